The number of aliphatic hydroxyl groups is 1. The highest BCUT2D eigenvalue weighted by Crippen LogP contribution is 2.54. The molecule has 2 saturated carbocycles. The van der Waals surface area contributed by atoms with Gasteiger partial charge in [-0.05, 0) is 59.6 Å². The number of carbonyl (C=O) groups excluding carboxylic acids is 5. The quantitative estimate of drug-likeness (QED) is 0.428. The van der Waals surface area contributed by atoms with Crippen LogP contribution < -0.4 is 19.9 Å². The van der Waals surface area contributed by atoms with Gasteiger partial charge in [0, 0.05) is 11.8 Å². The predicted octanol–water partition coefficient (Wildman–Crippen LogP) is 1.90. The maximum absolute atomic E-state index is 14.0. The van der Waals surface area contributed by atoms with Crippen LogP contribution in [-0.4, -0.2) is 66.2 Å². The molecule has 2 aromatic carbocycles. The summed E-state index contributed by atoms with van der Waals surface area (Å²) in [6.45, 7) is 3.41. The van der Waals surface area contributed by atoms with Crippen molar-refractivity contribution in [3.63, 3.8) is 0 Å². The van der Waals surface area contributed by atoms with E-state index in [-0.39, 0.29) is 24.2 Å². The number of ketones is 4. The van der Waals surface area contributed by atoms with E-state index in [0.29, 0.717) is 33.9 Å². The summed E-state index contributed by atoms with van der Waals surface area (Å²) in [6.07, 6.45) is 0.130. The molecule has 42 heavy (non-hydrogen) atoms. The van der Waals surface area contributed by atoms with Crippen LogP contribution in [0.5, 0.6) is 23.0 Å². The van der Waals surface area contributed by atoms with Crippen LogP contribution in [0.1, 0.15) is 36.2 Å². The maximum atomic E-state index is 14.0. The first-order chi connectivity index (χ1) is 19.8. The number of fused-ring (bicyclic) bond motifs is 3. The van der Waals surface area contributed by atoms with E-state index in [1.165, 1.54) is 27.4 Å². The molecule has 0 saturated heterocycles. The standard InChI is InChI=1S/C31H33NO10/c1-12(2)21-17-9-14-8-16-15(13-10-19(40-3)27(42-5)20(11-13)41-4)6-7-18(33)23(16)26(35)22(14)28(36)31(17,39)29(37)24(25(21)34)30(32)38/h6-7,10-12,14,17,21-22,24,33,39H,8-9H2,1-5H3,(H2,32,38)/t14-,17-,21-,22?,24?,31-/m0/s1. The van der Waals surface area contributed by atoms with Gasteiger partial charge in [-0.1, -0.05) is 19.9 Å². The molecule has 4 N–H and O–H groups in total. The number of primary amides is 1. The zero-order valence-electron chi connectivity index (χ0n) is 23.9. The van der Waals surface area contributed by atoms with Gasteiger partial charge in [-0.25, -0.2) is 0 Å². The monoisotopic (exact) mass is 579 g/mol. The molecule has 11 heteroatoms. The Balaban J connectivity index is 1.67. The van der Waals surface area contributed by atoms with E-state index in [9.17, 15) is 34.2 Å². The van der Waals surface area contributed by atoms with Crippen LogP contribution in [0.15, 0.2) is 24.3 Å². The molecule has 0 bridgehead atoms. The molecule has 11 nitrogen and oxygen atoms in total. The van der Waals surface area contributed by atoms with Gasteiger partial charge in [0.15, 0.2) is 46.2 Å². The van der Waals surface area contributed by atoms with Crippen molar-refractivity contribution < 1.29 is 48.4 Å². The number of hydrogen-bond donors (Lipinski definition) is 3. The second-order valence-electron chi connectivity index (χ2n) is 11.6. The topological polar surface area (TPSA) is 180 Å². The van der Waals surface area contributed by atoms with Crippen molar-refractivity contribution in [2.75, 3.05) is 21.3 Å². The molecular weight excluding hydrogens is 546 g/mol. The molecule has 0 heterocycles. The molecule has 3 aliphatic carbocycles. The Labute approximate surface area is 241 Å². The number of carbonyl (C=O) groups is 5. The Morgan fingerprint density at radius 1 is 1.00 bits per heavy atom. The molecule has 0 spiro atoms. The fourth-order valence-electron chi connectivity index (χ4n) is 7.36. The molecule has 222 valence electrons. The summed E-state index contributed by atoms with van der Waals surface area (Å²) in [5, 5.41) is 22.6. The fraction of sp³-hybridized carbons (Fsp3) is 0.452. The van der Waals surface area contributed by atoms with Crippen molar-refractivity contribution in [2.45, 2.75) is 32.3 Å². The SMILES string of the molecule is COc1cc(-c2ccc(O)c3c2C[C@H]2C[C@H]4[C@H](C(C)C)C(=O)C(C(N)=O)C(=O)[C@@]4(O)C(=O)C2C3=O)cc(OC)c1OC. The Hall–Kier alpha value is -4.25. The van der Waals surface area contributed by atoms with Gasteiger partial charge in [0.25, 0.3) is 0 Å². The van der Waals surface area contributed by atoms with Crippen LogP contribution in [0.25, 0.3) is 11.1 Å². The van der Waals surface area contributed by atoms with Crippen molar-refractivity contribution in [3.05, 3.63) is 35.4 Å². The van der Waals surface area contributed by atoms with E-state index >= 15 is 0 Å². The number of benzene rings is 2. The van der Waals surface area contributed by atoms with Crippen molar-refractivity contribution in [1.29, 1.82) is 0 Å². The minimum Gasteiger partial charge on any atom is -0.507 e. The minimum atomic E-state index is -2.74. The Bertz CT molecular complexity index is 1520. The van der Waals surface area contributed by atoms with Crippen LogP contribution in [-0.2, 0) is 25.6 Å². The van der Waals surface area contributed by atoms with Crippen molar-refractivity contribution in [3.8, 4) is 34.1 Å². The third-order valence-corrected chi connectivity index (χ3v) is 9.17. The first kappa shape index (κ1) is 29.2. The van der Waals surface area contributed by atoms with E-state index in [1.807, 2.05) is 0 Å². The van der Waals surface area contributed by atoms with Crippen LogP contribution >= 0.6 is 0 Å². The molecule has 0 radical (unpaired) electrons. The highest BCUT2D eigenvalue weighted by atomic mass is 16.5. The summed E-state index contributed by atoms with van der Waals surface area (Å²) in [4.78, 5) is 66.9. The van der Waals surface area contributed by atoms with E-state index < -0.39 is 70.1 Å². The molecule has 2 aromatic rings. The van der Waals surface area contributed by atoms with E-state index in [4.69, 9.17) is 19.9 Å². The average molecular weight is 580 g/mol. The van der Waals surface area contributed by atoms with E-state index in [2.05, 4.69) is 0 Å². The fourth-order valence-corrected chi connectivity index (χ4v) is 7.36. The van der Waals surface area contributed by atoms with Gasteiger partial charge in [-0.15, -0.1) is 0 Å². The molecule has 1 amide bonds. The number of hydrogen-bond acceptors (Lipinski definition) is 10. The first-order valence-electron chi connectivity index (χ1n) is 13.7. The summed E-state index contributed by atoms with van der Waals surface area (Å²) >= 11 is 0. The van der Waals surface area contributed by atoms with E-state index in [1.54, 1.807) is 32.0 Å². The summed E-state index contributed by atoms with van der Waals surface area (Å²) in [7, 11) is 4.41. The maximum Gasteiger partial charge on any atom is 0.235 e. The molecular formula is C31H33NO10. The zero-order chi connectivity index (χ0) is 30.8. The van der Waals surface area contributed by atoms with Gasteiger partial charge in [0.2, 0.25) is 11.7 Å². The predicted molar refractivity (Wildman–Crippen MR) is 147 cm³/mol. The number of amides is 1. The number of Topliss-reactive ketones (excluding diaryl/α,β-unsaturated/α-hetero) is 4. The summed E-state index contributed by atoms with van der Waals surface area (Å²) in [5.41, 5.74) is 4.19. The highest BCUT2D eigenvalue weighted by Gasteiger charge is 2.69. The Morgan fingerprint density at radius 3 is 2.14 bits per heavy atom. The van der Waals surface area contributed by atoms with Gasteiger partial charge >= 0.3 is 0 Å². The van der Waals surface area contributed by atoms with Crippen LogP contribution in [0.2, 0.25) is 0 Å². The lowest BCUT2D eigenvalue weighted by Crippen LogP contribution is -2.71. The van der Waals surface area contributed by atoms with E-state index in [0.717, 1.165) is 0 Å². The number of phenolic OH excluding ortho intramolecular Hbond substituents is 1. The third-order valence-electron chi connectivity index (χ3n) is 9.17. The molecule has 2 fully saturated rings. The van der Waals surface area contributed by atoms with Crippen molar-refractivity contribution >= 4 is 29.0 Å². The lowest BCUT2D eigenvalue weighted by atomic mass is 9.49. The summed E-state index contributed by atoms with van der Waals surface area (Å²) in [5.74, 6) is -11.0. The number of rotatable bonds is 6. The largest absolute Gasteiger partial charge is 0.507 e. The average Bonchev–Trinajstić information content (AvgIpc) is 2.93. The van der Waals surface area contributed by atoms with Gasteiger partial charge in [-0.3, -0.25) is 24.0 Å². The summed E-state index contributed by atoms with van der Waals surface area (Å²) < 4.78 is 16.4. The molecule has 6 atom stereocenters. The van der Waals surface area contributed by atoms with Gasteiger partial charge in [-0.2, -0.15) is 0 Å². The van der Waals surface area contributed by atoms with Crippen LogP contribution in [0.4, 0.5) is 0 Å². The third kappa shape index (κ3) is 3.93. The van der Waals surface area contributed by atoms with Crippen LogP contribution in [0, 0.1) is 35.5 Å². The lowest BCUT2D eigenvalue weighted by molar-refractivity contribution is -0.182. The second kappa shape index (κ2) is 10.2. The Kier molecular flexibility index (Phi) is 7.13. The zero-order valence-corrected chi connectivity index (χ0v) is 23.9. The first-order valence-corrected chi connectivity index (χ1v) is 13.7. The van der Waals surface area contributed by atoms with Gasteiger partial charge < -0.3 is 30.2 Å². The summed E-state index contributed by atoms with van der Waals surface area (Å²) in [6, 6.07) is 6.38. The molecule has 0 aliphatic heterocycles. The van der Waals surface area contributed by atoms with Gasteiger partial charge in [0.1, 0.15) is 5.75 Å². The van der Waals surface area contributed by atoms with Gasteiger partial charge in [0.05, 0.1) is 32.8 Å². The Morgan fingerprint density at radius 2 is 1.62 bits per heavy atom. The second-order valence-corrected chi connectivity index (χ2v) is 11.6. The molecule has 3 aliphatic rings. The number of nitrogens with two attached hydrogens (primary N) is 1. The highest BCUT2D eigenvalue weighted by molar-refractivity contribution is 6.32. The molecule has 0 aromatic heterocycles. The van der Waals surface area contributed by atoms with Crippen molar-refractivity contribution in [2.24, 2.45) is 41.2 Å². The molecule has 2 unspecified atom stereocenters. The smallest absolute Gasteiger partial charge is 0.235 e. The number of phenols is 1. The van der Waals surface area contributed by atoms with Crippen LogP contribution in [0.3, 0.4) is 0 Å². The molecule has 5 rings (SSSR count). The number of aromatic hydroxyl groups is 1. The number of methoxy groups -OCH3 is 3. The minimum absolute atomic E-state index is 0.00571. The normalized spacial score (nSPS) is 28.6. The lowest BCUT2D eigenvalue weighted by Gasteiger charge is -2.52. The van der Waals surface area contributed by atoms with Crippen molar-refractivity contribution in [1.82, 2.24) is 0 Å². The number of ether oxygens (including phenoxy) is 3.